The molecule has 2 heterocycles. The third kappa shape index (κ3) is 2.54. The summed E-state index contributed by atoms with van der Waals surface area (Å²) in [5.74, 6) is -0.735. The average molecular weight is 266 g/mol. The first-order chi connectivity index (χ1) is 8.90. The molecule has 0 spiro atoms. The van der Waals surface area contributed by atoms with Gasteiger partial charge in [-0.1, -0.05) is 0 Å². The van der Waals surface area contributed by atoms with Crippen molar-refractivity contribution in [3.63, 3.8) is 0 Å². The zero-order chi connectivity index (χ0) is 14.2. The van der Waals surface area contributed by atoms with E-state index in [1.807, 2.05) is 0 Å². The van der Waals surface area contributed by atoms with E-state index in [0.717, 1.165) is 4.90 Å². The summed E-state index contributed by atoms with van der Waals surface area (Å²) in [7, 11) is 1.42. The van der Waals surface area contributed by atoms with Crippen LogP contribution in [0.25, 0.3) is 0 Å². The molecule has 19 heavy (non-hydrogen) atoms. The Balaban J connectivity index is 2.22. The van der Waals surface area contributed by atoms with Crippen molar-refractivity contribution in [2.24, 2.45) is 0 Å². The van der Waals surface area contributed by atoms with E-state index >= 15 is 0 Å². The summed E-state index contributed by atoms with van der Waals surface area (Å²) < 4.78 is 13.9. The van der Waals surface area contributed by atoms with Gasteiger partial charge in [0.2, 0.25) is 5.91 Å². The van der Waals surface area contributed by atoms with Crippen LogP contribution in [0.2, 0.25) is 0 Å². The fourth-order valence-corrected chi connectivity index (χ4v) is 2.01. The minimum absolute atomic E-state index is 0.00565. The topological polar surface area (TPSA) is 75.2 Å². The highest BCUT2D eigenvalue weighted by atomic mass is 19.1. The molecule has 1 fully saturated rings. The monoisotopic (exact) mass is 266 g/mol. The maximum atomic E-state index is 13.9. The first-order valence-electron chi connectivity index (χ1n) is 5.98. The Morgan fingerprint density at radius 3 is 2.68 bits per heavy atom. The van der Waals surface area contributed by atoms with Crippen LogP contribution in [0.5, 0.6) is 0 Å². The first-order valence-corrected chi connectivity index (χ1v) is 5.98. The predicted octanol–water partition coefficient (Wildman–Crippen LogP) is 0.792. The molecule has 0 radical (unpaired) electrons. The fourth-order valence-electron chi connectivity index (χ4n) is 2.01. The third-order valence-electron chi connectivity index (χ3n) is 3.09. The number of hydrogen-bond donors (Lipinski definition) is 1. The number of rotatable bonds is 2. The Labute approximate surface area is 110 Å². The van der Waals surface area contributed by atoms with Crippen LogP contribution in [0.15, 0.2) is 0 Å². The van der Waals surface area contributed by atoms with Crippen molar-refractivity contribution in [1.82, 2.24) is 14.9 Å². The van der Waals surface area contributed by atoms with Gasteiger partial charge in [-0.25, -0.2) is 14.4 Å². The number of carbonyl (C=O) groups is 2. The maximum absolute atomic E-state index is 13.9. The van der Waals surface area contributed by atoms with E-state index in [1.54, 1.807) is 6.92 Å². The summed E-state index contributed by atoms with van der Waals surface area (Å²) in [6.07, 6.45) is 0.591. The Hall–Kier alpha value is -2.05. The minimum atomic E-state index is -0.633. The summed E-state index contributed by atoms with van der Waals surface area (Å²) in [5, 5.41) is 2.76. The van der Waals surface area contributed by atoms with E-state index in [-0.39, 0.29) is 29.7 Å². The van der Waals surface area contributed by atoms with E-state index in [0.29, 0.717) is 12.2 Å². The molecule has 0 saturated carbocycles. The highest BCUT2D eigenvalue weighted by Gasteiger charge is 2.32. The number of carbonyl (C=O) groups excluding carboxylic acids is 2. The quantitative estimate of drug-likeness (QED) is 0.801. The molecule has 1 atom stereocenters. The van der Waals surface area contributed by atoms with Gasteiger partial charge >= 0.3 is 0 Å². The lowest BCUT2D eigenvalue weighted by Crippen LogP contribution is -2.48. The molecule has 1 aliphatic heterocycles. The molecule has 1 unspecified atom stereocenters. The SMILES string of the molecule is Cc1nc(C)c(F)c(NC2CCC(=O)N(C)C2=O)n1. The van der Waals surface area contributed by atoms with Gasteiger partial charge in [-0.2, -0.15) is 0 Å². The van der Waals surface area contributed by atoms with Crippen molar-refractivity contribution in [2.45, 2.75) is 32.7 Å². The maximum Gasteiger partial charge on any atom is 0.251 e. The standard InChI is InChI=1S/C12H15FN4O2/c1-6-10(13)11(15-7(2)14-6)16-8-4-5-9(18)17(3)12(8)19/h8H,4-5H2,1-3H3,(H,14,15,16). The van der Waals surface area contributed by atoms with Crippen molar-refractivity contribution in [3.8, 4) is 0 Å². The van der Waals surface area contributed by atoms with Gasteiger partial charge in [0.25, 0.3) is 5.91 Å². The number of halogens is 1. The second-order valence-corrected chi connectivity index (χ2v) is 4.55. The van der Waals surface area contributed by atoms with Crippen molar-refractivity contribution >= 4 is 17.6 Å². The highest BCUT2D eigenvalue weighted by molar-refractivity contribution is 6.01. The Morgan fingerprint density at radius 1 is 1.32 bits per heavy atom. The van der Waals surface area contributed by atoms with Gasteiger partial charge in [0.1, 0.15) is 11.9 Å². The smallest absolute Gasteiger partial charge is 0.251 e. The Morgan fingerprint density at radius 2 is 2.00 bits per heavy atom. The van der Waals surface area contributed by atoms with Crippen molar-refractivity contribution < 1.29 is 14.0 Å². The summed E-state index contributed by atoms with van der Waals surface area (Å²) in [5.41, 5.74) is 0.225. The fraction of sp³-hybridized carbons (Fsp3) is 0.500. The summed E-state index contributed by atoms with van der Waals surface area (Å²) in [6, 6.07) is -0.633. The summed E-state index contributed by atoms with van der Waals surface area (Å²) in [6.45, 7) is 3.18. The lowest BCUT2D eigenvalue weighted by molar-refractivity contribution is -0.146. The van der Waals surface area contributed by atoms with Gasteiger partial charge < -0.3 is 5.32 Å². The lowest BCUT2D eigenvalue weighted by Gasteiger charge is -2.28. The first kappa shape index (κ1) is 13.4. The third-order valence-corrected chi connectivity index (χ3v) is 3.09. The highest BCUT2D eigenvalue weighted by Crippen LogP contribution is 2.19. The molecule has 7 heteroatoms. The molecule has 1 aliphatic rings. The van der Waals surface area contributed by atoms with Crippen LogP contribution >= 0.6 is 0 Å². The van der Waals surface area contributed by atoms with E-state index in [2.05, 4.69) is 15.3 Å². The number of anilines is 1. The molecule has 0 bridgehead atoms. The number of imide groups is 1. The molecule has 102 valence electrons. The van der Waals surface area contributed by atoms with E-state index in [9.17, 15) is 14.0 Å². The molecule has 1 N–H and O–H groups in total. The zero-order valence-electron chi connectivity index (χ0n) is 11.0. The number of piperidine rings is 1. The van der Waals surface area contributed by atoms with Crippen LogP contribution in [-0.4, -0.2) is 39.8 Å². The molecule has 0 aromatic carbocycles. The number of aryl methyl sites for hydroxylation is 2. The van der Waals surface area contributed by atoms with E-state index in [4.69, 9.17) is 0 Å². The normalized spacial score (nSPS) is 19.8. The molecular formula is C12H15FN4O2. The number of nitrogens with zero attached hydrogens (tertiary/aromatic N) is 3. The van der Waals surface area contributed by atoms with Crippen LogP contribution in [0.3, 0.4) is 0 Å². The number of likely N-dealkylation sites (N-methyl/N-ethyl adjacent to an activating group) is 1. The van der Waals surface area contributed by atoms with Crippen molar-refractivity contribution in [1.29, 1.82) is 0 Å². The summed E-state index contributed by atoms with van der Waals surface area (Å²) >= 11 is 0. The van der Waals surface area contributed by atoms with Crippen LogP contribution in [0, 0.1) is 19.7 Å². The number of nitrogens with one attached hydrogen (secondary N) is 1. The largest absolute Gasteiger partial charge is 0.356 e. The lowest BCUT2D eigenvalue weighted by atomic mass is 10.0. The average Bonchev–Trinajstić information content (AvgIpc) is 2.36. The molecule has 6 nitrogen and oxygen atoms in total. The van der Waals surface area contributed by atoms with Crippen LogP contribution in [-0.2, 0) is 9.59 Å². The second-order valence-electron chi connectivity index (χ2n) is 4.55. The Bertz CT molecular complexity index is 547. The van der Waals surface area contributed by atoms with Gasteiger partial charge in [0.15, 0.2) is 11.6 Å². The van der Waals surface area contributed by atoms with Crippen molar-refractivity contribution in [3.05, 3.63) is 17.3 Å². The number of aromatic nitrogens is 2. The zero-order valence-corrected chi connectivity index (χ0v) is 11.0. The van der Waals surface area contributed by atoms with Crippen LogP contribution < -0.4 is 5.32 Å². The van der Waals surface area contributed by atoms with Crippen LogP contribution in [0.1, 0.15) is 24.4 Å². The Kier molecular flexibility index (Phi) is 3.46. The van der Waals surface area contributed by atoms with Gasteiger partial charge in [-0.15, -0.1) is 0 Å². The van der Waals surface area contributed by atoms with E-state index in [1.165, 1.54) is 14.0 Å². The molecule has 0 aliphatic carbocycles. The molecule has 1 aromatic heterocycles. The number of amides is 2. The van der Waals surface area contributed by atoms with Gasteiger partial charge in [0, 0.05) is 13.5 Å². The number of hydrogen-bond acceptors (Lipinski definition) is 5. The summed E-state index contributed by atoms with van der Waals surface area (Å²) in [4.78, 5) is 32.2. The van der Waals surface area contributed by atoms with Crippen LogP contribution in [0.4, 0.5) is 10.2 Å². The minimum Gasteiger partial charge on any atom is -0.356 e. The molecule has 1 aromatic rings. The molecular weight excluding hydrogens is 251 g/mol. The molecule has 2 rings (SSSR count). The van der Waals surface area contributed by atoms with Gasteiger partial charge in [0.05, 0.1) is 5.69 Å². The van der Waals surface area contributed by atoms with Gasteiger partial charge in [-0.3, -0.25) is 14.5 Å². The molecule has 1 saturated heterocycles. The van der Waals surface area contributed by atoms with Crippen molar-refractivity contribution in [2.75, 3.05) is 12.4 Å². The molecule has 2 amide bonds. The van der Waals surface area contributed by atoms with Gasteiger partial charge in [-0.05, 0) is 20.3 Å². The van der Waals surface area contributed by atoms with E-state index < -0.39 is 11.9 Å². The predicted molar refractivity (Wildman–Crippen MR) is 65.9 cm³/mol. The number of likely N-dealkylation sites (tertiary alicyclic amines) is 1. The second kappa shape index (κ2) is 4.91.